The van der Waals surface area contributed by atoms with Crippen molar-refractivity contribution in [3.05, 3.63) is 29.8 Å². The van der Waals surface area contributed by atoms with Gasteiger partial charge in [0, 0.05) is 39.3 Å². The van der Waals surface area contributed by atoms with Gasteiger partial charge in [-0.2, -0.15) is 8.61 Å². The van der Waals surface area contributed by atoms with Gasteiger partial charge in [0.15, 0.2) is 6.61 Å². The van der Waals surface area contributed by atoms with Crippen molar-refractivity contribution < 1.29 is 31.2 Å². The Balaban J connectivity index is 1.45. The van der Waals surface area contributed by atoms with Crippen LogP contribution in [0.3, 0.4) is 0 Å². The van der Waals surface area contributed by atoms with Gasteiger partial charge >= 0.3 is 5.97 Å². The number of aryl methyl sites for hydroxylation is 1. The van der Waals surface area contributed by atoms with Gasteiger partial charge in [-0.1, -0.05) is 17.7 Å². The molecule has 178 valence electrons. The summed E-state index contributed by atoms with van der Waals surface area (Å²) in [6.07, 6.45) is 1.78. The lowest BCUT2D eigenvalue weighted by Gasteiger charge is -2.33. The average molecular weight is 488 g/mol. The molecular weight excluding hydrogens is 458 g/mol. The number of benzene rings is 1. The Bertz CT molecular complexity index is 1040. The van der Waals surface area contributed by atoms with E-state index in [0.29, 0.717) is 12.8 Å². The molecule has 1 aromatic carbocycles. The number of esters is 1. The summed E-state index contributed by atoms with van der Waals surface area (Å²) in [7, 11) is -6.90. The summed E-state index contributed by atoms with van der Waals surface area (Å²) in [5.74, 6) is -1.35. The third-order valence-electron chi connectivity index (χ3n) is 5.84. The molecule has 3 rings (SSSR count). The first-order chi connectivity index (χ1) is 15.0. The molecule has 0 unspecified atom stereocenters. The fraction of sp³-hybridized carbons (Fsp3) is 0.600. The SMILES string of the molecule is Cc1ccc(S(=O)(=O)N2CCC(C(=O)OCC(=O)N3CCN(S(C)(=O)=O)CC3)CC2)cc1. The molecule has 12 heteroatoms. The van der Waals surface area contributed by atoms with Crippen LogP contribution in [0, 0.1) is 12.8 Å². The third-order valence-corrected chi connectivity index (χ3v) is 9.06. The molecule has 0 bridgehead atoms. The van der Waals surface area contributed by atoms with Crippen molar-refractivity contribution in [2.75, 3.05) is 52.1 Å². The molecule has 0 radical (unpaired) electrons. The molecule has 32 heavy (non-hydrogen) atoms. The molecule has 0 atom stereocenters. The second-order valence-corrected chi connectivity index (χ2v) is 12.1. The predicted molar refractivity (Wildman–Crippen MR) is 117 cm³/mol. The van der Waals surface area contributed by atoms with Gasteiger partial charge in [0.05, 0.1) is 17.1 Å². The van der Waals surface area contributed by atoms with Crippen molar-refractivity contribution in [2.45, 2.75) is 24.7 Å². The molecule has 0 N–H and O–H groups in total. The third kappa shape index (κ3) is 5.85. The maximum Gasteiger partial charge on any atom is 0.309 e. The summed E-state index contributed by atoms with van der Waals surface area (Å²) in [4.78, 5) is 26.4. The molecule has 2 aliphatic rings. The van der Waals surface area contributed by atoms with Crippen LogP contribution in [-0.4, -0.2) is 94.4 Å². The van der Waals surface area contributed by atoms with Crippen molar-refractivity contribution >= 4 is 31.9 Å². The van der Waals surface area contributed by atoms with Crippen LogP contribution < -0.4 is 0 Å². The summed E-state index contributed by atoms with van der Waals surface area (Å²) in [6, 6.07) is 6.64. The highest BCUT2D eigenvalue weighted by molar-refractivity contribution is 7.89. The fourth-order valence-corrected chi connectivity index (χ4v) is 6.10. The zero-order chi connectivity index (χ0) is 23.5. The van der Waals surface area contributed by atoms with E-state index in [4.69, 9.17) is 4.74 Å². The minimum atomic E-state index is -3.61. The van der Waals surface area contributed by atoms with Crippen LogP contribution in [0.2, 0.25) is 0 Å². The highest BCUT2D eigenvalue weighted by atomic mass is 32.2. The minimum absolute atomic E-state index is 0.206. The van der Waals surface area contributed by atoms with E-state index in [1.54, 1.807) is 24.3 Å². The number of carbonyl (C=O) groups excluding carboxylic acids is 2. The zero-order valence-electron chi connectivity index (χ0n) is 18.3. The lowest BCUT2D eigenvalue weighted by molar-refractivity contribution is -0.156. The molecule has 0 aliphatic carbocycles. The number of sulfonamides is 2. The van der Waals surface area contributed by atoms with Crippen LogP contribution in [0.25, 0.3) is 0 Å². The zero-order valence-corrected chi connectivity index (χ0v) is 19.9. The van der Waals surface area contributed by atoms with Crippen molar-refractivity contribution in [3.63, 3.8) is 0 Å². The summed E-state index contributed by atoms with van der Waals surface area (Å²) >= 11 is 0. The Morgan fingerprint density at radius 1 is 0.906 bits per heavy atom. The summed E-state index contributed by atoms with van der Waals surface area (Å²) < 4.78 is 56.5. The Kier molecular flexibility index (Phi) is 7.58. The van der Waals surface area contributed by atoms with Crippen molar-refractivity contribution in [1.29, 1.82) is 0 Å². The van der Waals surface area contributed by atoms with Gasteiger partial charge in [0.25, 0.3) is 5.91 Å². The fourth-order valence-electron chi connectivity index (χ4n) is 3.80. The normalized spacial score (nSPS) is 19.6. The molecule has 1 amide bonds. The number of ether oxygens (including phenoxy) is 1. The van der Waals surface area contributed by atoms with Crippen LogP contribution in [0.1, 0.15) is 18.4 Å². The van der Waals surface area contributed by atoms with E-state index in [1.165, 1.54) is 13.5 Å². The van der Waals surface area contributed by atoms with E-state index in [0.717, 1.165) is 11.8 Å². The van der Waals surface area contributed by atoms with Gasteiger partial charge < -0.3 is 9.64 Å². The van der Waals surface area contributed by atoms with Gasteiger partial charge in [-0.3, -0.25) is 9.59 Å². The molecule has 2 fully saturated rings. The smallest absolute Gasteiger partial charge is 0.309 e. The lowest BCUT2D eigenvalue weighted by atomic mass is 9.98. The maximum absolute atomic E-state index is 12.8. The highest BCUT2D eigenvalue weighted by Crippen LogP contribution is 2.25. The number of piperazine rings is 1. The molecule has 1 aromatic rings. The summed E-state index contributed by atoms with van der Waals surface area (Å²) in [5, 5.41) is 0. The number of rotatable bonds is 6. The average Bonchev–Trinajstić information content (AvgIpc) is 2.77. The number of nitrogens with zero attached hydrogens (tertiary/aromatic N) is 3. The van der Waals surface area contributed by atoms with Gasteiger partial charge in [-0.25, -0.2) is 16.8 Å². The van der Waals surface area contributed by atoms with Crippen LogP contribution >= 0.6 is 0 Å². The predicted octanol–water partition coefficient (Wildman–Crippen LogP) is 0.0427. The number of amides is 1. The topological polar surface area (TPSA) is 121 Å². The van der Waals surface area contributed by atoms with Crippen molar-refractivity contribution in [2.24, 2.45) is 5.92 Å². The number of piperidine rings is 1. The highest BCUT2D eigenvalue weighted by Gasteiger charge is 2.33. The van der Waals surface area contributed by atoms with Gasteiger partial charge in [0.1, 0.15) is 0 Å². The number of hydrogen-bond donors (Lipinski definition) is 0. The quantitative estimate of drug-likeness (QED) is 0.520. The van der Waals surface area contributed by atoms with E-state index in [-0.39, 0.29) is 50.1 Å². The van der Waals surface area contributed by atoms with Crippen LogP contribution in [0.5, 0.6) is 0 Å². The van der Waals surface area contributed by atoms with E-state index >= 15 is 0 Å². The van der Waals surface area contributed by atoms with Crippen LogP contribution in [0.15, 0.2) is 29.2 Å². The molecule has 0 saturated carbocycles. The monoisotopic (exact) mass is 487 g/mol. The minimum Gasteiger partial charge on any atom is -0.455 e. The van der Waals surface area contributed by atoms with Gasteiger partial charge in [0.2, 0.25) is 20.0 Å². The standard InChI is InChI=1S/C20H29N3O7S2/c1-16-3-5-18(6-4-16)32(28,29)23-9-7-17(8-10-23)20(25)30-15-19(24)21-11-13-22(14-12-21)31(2,26)27/h3-6,17H,7-15H2,1-2H3. The Hall–Kier alpha value is -2.02. The molecule has 10 nitrogen and oxygen atoms in total. The maximum atomic E-state index is 12.8. The number of hydrogen-bond acceptors (Lipinski definition) is 7. The van der Waals surface area contributed by atoms with E-state index in [1.807, 2.05) is 6.92 Å². The number of carbonyl (C=O) groups is 2. The molecule has 2 saturated heterocycles. The second kappa shape index (κ2) is 9.86. The Morgan fingerprint density at radius 3 is 2.00 bits per heavy atom. The molecular formula is C20H29N3O7S2. The molecule has 0 spiro atoms. The first kappa shape index (κ1) is 24.6. The van der Waals surface area contributed by atoms with Gasteiger partial charge in [-0.15, -0.1) is 0 Å². The largest absolute Gasteiger partial charge is 0.455 e. The molecule has 2 heterocycles. The first-order valence-electron chi connectivity index (χ1n) is 10.4. The summed E-state index contributed by atoms with van der Waals surface area (Å²) in [5.41, 5.74) is 0.970. The Morgan fingerprint density at radius 2 is 1.47 bits per heavy atom. The molecule has 0 aromatic heterocycles. The Labute approximate surface area is 189 Å². The van der Waals surface area contributed by atoms with Gasteiger partial charge in [-0.05, 0) is 31.9 Å². The van der Waals surface area contributed by atoms with Crippen molar-refractivity contribution in [1.82, 2.24) is 13.5 Å². The van der Waals surface area contributed by atoms with E-state index in [2.05, 4.69) is 0 Å². The first-order valence-corrected chi connectivity index (χ1v) is 13.7. The van der Waals surface area contributed by atoms with E-state index in [9.17, 15) is 26.4 Å². The van der Waals surface area contributed by atoms with Crippen molar-refractivity contribution in [3.8, 4) is 0 Å². The van der Waals surface area contributed by atoms with E-state index < -0.39 is 38.5 Å². The van der Waals surface area contributed by atoms with Crippen LogP contribution in [0.4, 0.5) is 0 Å². The summed E-state index contributed by atoms with van der Waals surface area (Å²) in [6.45, 7) is 2.82. The molecule has 2 aliphatic heterocycles. The van der Waals surface area contributed by atoms with Crippen LogP contribution in [-0.2, 0) is 34.4 Å². The lowest BCUT2D eigenvalue weighted by Crippen LogP contribution is -2.51. The second-order valence-electron chi connectivity index (χ2n) is 8.14.